The highest BCUT2D eigenvalue weighted by Crippen LogP contribution is 1.99. The van der Waals surface area contributed by atoms with Gasteiger partial charge in [0, 0.05) is 20.1 Å². The van der Waals surface area contributed by atoms with Gasteiger partial charge in [0.05, 0.1) is 6.61 Å². The van der Waals surface area contributed by atoms with Crippen LogP contribution >= 0.6 is 0 Å². The minimum absolute atomic E-state index is 0.170. The van der Waals surface area contributed by atoms with Gasteiger partial charge in [0.1, 0.15) is 6.10 Å². The van der Waals surface area contributed by atoms with Gasteiger partial charge < -0.3 is 24.6 Å². The molecular formula is C13H25NO7. The van der Waals surface area contributed by atoms with Crippen molar-refractivity contribution in [3.8, 4) is 0 Å². The van der Waals surface area contributed by atoms with Gasteiger partial charge in [-0.25, -0.2) is 9.59 Å². The van der Waals surface area contributed by atoms with Crippen LogP contribution in [0.3, 0.4) is 0 Å². The van der Waals surface area contributed by atoms with Gasteiger partial charge >= 0.3 is 17.9 Å². The number of aliphatic carboxylic acids is 2. The first-order chi connectivity index (χ1) is 9.56. The highest BCUT2D eigenvalue weighted by atomic mass is 16.6. The third-order valence-corrected chi connectivity index (χ3v) is 1.84. The van der Waals surface area contributed by atoms with E-state index in [-0.39, 0.29) is 12.1 Å². The summed E-state index contributed by atoms with van der Waals surface area (Å²) < 4.78 is 10.6. The Bertz CT molecular complexity index is 316. The number of likely N-dealkylation sites (N-methyl/N-ethyl adjacent to an activating group) is 1. The Balaban J connectivity index is 0. The normalized spacial score (nSPS) is 11.6. The Hall–Kier alpha value is -1.67. The quantitative estimate of drug-likeness (QED) is 0.510. The lowest BCUT2D eigenvalue weighted by atomic mass is 10.2. The second-order valence-electron chi connectivity index (χ2n) is 5.04. The van der Waals surface area contributed by atoms with Crippen LogP contribution in [0.25, 0.3) is 0 Å². The largest absolute Gasteiger partial charge is 0.473 e. The van der Waals surface area contributed by atoms with Gasteiger partial charge in [-0.05, 0) is 20.0 Å². The summed E-state index contributed by atoms with van der Waals surface area (Å²) in [4.78, 5) is 31.0. The fourth-order valence-corrected chi connectivity index (χ4v) is 1.20. The van der Waals surface area contributed by atoms with Crippen LogP contribution in [0.4, 0.5) is 0 Å². The van der Waals surface area contributed by atoms with Crippen LogP contribution in [0.5, 0.6) is 0 Å². The van der Waals surface area contributed by atoms with E-state index in [0.29, 0.717) is 25.7 Å². The molecule has 2 N–H and O–H groups in total. The summed E-state index contributed by atoms with van der Waals surface area (Å²) in [5, 5.41) is 14.8. The zero-order valence-corrected chi connectivity index (χ0v) is 13.2. The molecule has 0 aliphatic heterocycles. The fraction of sp³-hybridized carbons (Fsp3) is 0.769. The number of nitrogens with zero attached hydrogens (tertiary/aromatic N) is 1. The van der Waals surface area contributed by atoms with Crippen LogP contribution in [0.2, 0.25) is 0 Å². The Kier molecular flexibility index (Phi) is 12.5. The first-order valence-electron chi connectivity index (χ1n) is 6.42. The zero-order chi connectivity index (χ0) is 17.0. The van der Waals surface area contributed by atoms with Crippen LogP contribution in [-0.2, 0) is 23.9 Å². The van der Waals surface area contributed by atoms with E-state index in [9.17, 15) is 4.79 Å². The van der Waals surface area contributed by atoms with Crippen LogP contribution in [0, 0.1) is 5.92 Å². The Morgan fingerprint density at radius 1 is 1.05 bits per heavy atom. The van der Waals surface area contributed by atoms with Crippen LogP contribution in [-0.4, -0.2) is 73.0 Å². The predicted octanol–water partition coefficient (Wildman–Crippen LogP) is 0.308. The number of hydrogen-bond acceptors (Lipinski definition) is 6. The molecule has 0 aromatic carbocycles. The molecule has 0 aromatic heterocycles. The lowest BCUT2D eigenvalue weighted by Gasteiger charge is -2.21. The molecule has 0 fully saturated rings. The molecule has 0 aliphatic rings. The summed E-state index contributed by atoms with van der Waals surface area (Å²) in [6.45, 7) is 7.46. The minimum Gasteiger partial charge on any atom is -0.473 e. The van der Waals surface area contributed by atoms with Gasteiger partial charge in [0.25, 0.3) is 0 Å². The summed E-state index contributed by atoms with van der Waals surface area (Å²) in [6, 6.07) is 0. The summed E-state index contributed by atoms with van der Waals surface area (Å²) in [7, 11) is 3.89. The molecule has 0 aliphatic carbocycles. The average Bonchev–Trinajstić information content (AvgIpc) is 2.26. The van der Waals surface area contributed by atoms with Crippen molar-refractivity contribution in [3.63, 3.8) is 0 Å². The minimum atomic E-state index is -1.82. The molecule has 0 bridgehead atoms. The molecule has 0 spiro atoms. The molecule has 8 heteroatoms. The van der Waals surface area contributed by atoms with Gasteiger partial charge in [0.15, 0.2) is 0 Å². The number of carbonyl (C=O) groups excluding carboxylic acids is 1. The lowest BCUT2D eigenvalue weighted by molar-refractivity contribution is -0.159. The average molecular weight is 307 g/mol. The molecule has 0 amide bonds. The number of esters is 1. The number of ether oxygens (including phenoxy) is 2. The maximum atomic E-state index is 10.8. The van der Waals surface area contributed by atoms with Crippen molar-refractivity contribution in [3.05, 3.63) is 0 Å². The Labute approximate surface area is 124 Å². The van der Waals surface area contributed by atoms with Gasteiger partial charge in [-0.2, -0.15) is 0 Å². The molecule has 0 saturated carbocycles. The van der Waals surface area contributed by atoms with Crippen LogP contribution < -0.4 is 0 Å². The van der Waals surface area contributed by atoms with E-state index in [4.69, 9.17) is 29.3 Å². The number of carbonyl (C=O) groups is 3. The monoisotopic (exact) mass is 307 g/mol. The Morgan fingerprint density at radius 2 is 1.52 bits per heavy atom. The molecule has 8 nitrogen and oxygen atoms in total. The first-order valence-corrected chi connectivity index (χ1v) is 6.42. The van der Waals surface area contributed by atoms with Gasteiger partial charge in [-0.3, -0.25) is 4.79 Å². The number of carboxylic acid groups (broad SMARTS) is 2. The summed E-state index contributed by atoms with van der Waals surface area (Å²) in [5.41, 5.74) is 0. The maximum Gasteiger partial charge on any atom is 0.414 e. The maximum absolute atomic E-state index is 10.8. The fourth-order valence-electron chi connectivity index (χ4n) is 1.20. The summed E-state index contributed by atoms with van der Waals surface area (Å²) in [6.07, 6.45) is -0.170. The topological polar surface area (TPSA) is 113 Å². The van der Waals surface area contributed by atoms with Crippen LogP contribution in [0.15, 0.2) is 0 Å². The molecule has 0 radical (unpaired) electrons. The smallest absolute Gasteiger partial charge is 0.414 e. The van der Waals surface area contributed by atoms with E-state index in [2.05, 4.69) is 13.8 Å². The van der Waals surface area contributed by atoms with Gasteiger partial charge in [0.2, 0.25) is 0 Å². The van der Waals surface area contributed by atoms with Crippen molar-refractivity contribution in [2.45, 2.75) is 26.9 Å². The highest BCUT2D eigenvalue weighted by Gasteiger charge is 2.13. The van der Waals surface area contributed by atoms with Crippen molar-refractivity contribution in [2.75, 3.05) is 33.9 Å². The lowest BCUT2D eigenvalue weighted by Crippen LogP contribution is -2.34. The first kappa shape index (κ1) is 21.6. The predicted molar refractivity (Wildman–Crippen MR) is 75.0 cm³/mol. The Morgan fingerprint density at radius 3 is 1.81 bits per heavy atom. The van der Waals surface area contributed by atoms with Crippen molar-refractivity contribution in [1.82, 2.24) is 4.90 Å². The van der Waals surface area contributed by atoms with E-state index < -0.39 is 11.9 Å². The summed E-state index contributed by atoms with van der Waals surface area (Å²) in [5.74, 6) is -3.40. The van der Waals surface area contributed by atoms with Gasteiger partial charge in [-0.1, -0.05) is 13.8 Å². The molecule has 0 heterocycles. The van der Waals surface area contributed by atoms with E-state index in [1.165, 1.54) is 6.92 Å². The van der Waals surface area contributed by atoms with E-state index in [1.54, 1.807) is 0 Å². The van der Waals surface area contributed by atoms with Crippen LogP contribution in [0.1, 0.15) is 20.8 Å². The second-order valence-corrected chi connectivity index (χ2v) is 5.04. The third kappa shape index (κ3) is 18.3. The van der Waals surface area contributed by atoms with E-state index in [0.717, 1.165) is 0 Å². The SMILES string of the molecule is CC(=O)OC(COCC(C)C)CN(C)C.O=C(O)C(=O)O. The molecule has 0 aromatic rings. The standard InChI is InChI=1S/C11H23NO3.C2H2O4/c1-9(2)7-14-8-11(6-12(4)5)15-10(3)13;3-1(4)2(5)6/h9,11H,6-8H2,1-5H3;(H,3,4)(H,5,6). The molecule has 1 atom stereocenters. The zero-order valence-electron chi connectivity index (χ0n) is 13.2. The third-order valence-electron chi connectivity index (χ3n) is 1.84. The van der Waals surface area contributed by atoms with Gasteiger partial charge in [-0.15, -0.1) is 0 Å². The van der Waals surface area contributed by atoms with Crippen molar-refractivity contribution < 1.29 is 34.1 Å². The number of carboxylic acids is 2. The molecule has 21 heavy (non-hydrogen) atoms. The van der Waals surface area contributed by atoms with Crippen molar-refractivity contribution >= 4 is 17.9 Å². The van der Waals surface area contributed by atoms with Crippen molar-refractivity contribution in [2.24, 2.45) is 5.92 Å². The molecule has 124 valence electrons. The van der Waals surface area contributed by atoms with Crippen molar-refractivity contribution in [1.29, 1.82) is 0 Å². The highest BCUT2D eigenvalue weighted by molar-refractivity contribution is 6.27. The second kappa shape index (κ2) is 12.1. The summed E-state index contributed by atoms with van der Waals surface area (Å²) >= 11 is 0. The van der Waals surface area contributed by atoms with E-state index in [1.807, 2.05) is 19.0 Å². The number of rotatable bonds is 7. The molecule has 1 unspecified atom stereocenters. The molecule has 0 saturated heterocycles. The molecule has 0 rings (SSSR count). The molecular weight excluding hydrogens is 282 g/mol. The number of hydrogen-bond donors (Lipinski definition) is 2. The van der Waals surface area contributed by atoms with E-state index >= 15 is 0 Å².